The molecule has 0 bridgehead atoms. The number of nitrogens with one attached hydrogen (secondary N) is 2. The highest BCUT2D eigenvalue weighted by molar-refractivity contribution is 5.96. The van der Waals surface area contributed by atoms with E-state index in [0.29, 0.717) is 5.82 Å². The number of aryl methyl sites for hydroxylation is 2. The Hall–Kier alpha value is -2.95. The summed E-state index contributed by atoms with van der Waals surface area (Å²) in [5, 5.41) is 6.87. The predicted molar refractivity (Wildman–Crippen MR) is 92.6 cm³/mol. The molecule has 23 heavy (non-hydrogen) atoms. The van der Waals surface area contributed by atoms with Gasteiger partial charge in [0.05, 0.1) is 12.1 Å². The minimum atomic E-state index is -0.113. The number of hydrogen-bond acceptors (Lipinski definition) is 4. The van der Waals surface area contributed by atoms with E-state index >= 15 is 0 Å². The van der Waals surface area contributed by atoms with Crippen LogP contribution >= 0.6 is 0 Å². The summed E-state index contributed by atoms with van der Waals surface area (Å²) in [5.41, 5.74) is 3.90. The SMILES string of the molecule is Cc1cc(C)cc(NC(=O)CNc2ncnc3ccccc23)c1. The summed E-state index contributed by atoms with van der Waals surface area (Å²) in [6.07, 6.45) is 1.49. The van der Waals surface area contributed by atoms with Gasteiger partial charge in [-0.1, -0.05) is 18.2 Å². The molecule has 1 amide bonds. The van der Waals surface area contributed by atoms with E-state index < -0.39 is 0 Å². The van der Waals surface area contributed by atoms with Crippen LogP contribution < -0.4 is 10.6 Å². The second-order valence-corrected chi connectivity index (χ2v) is 5.52. The van der Waals surface area contributed by atoms with E-state index in [0.717, 1.165) is 27.7 Å². The zero-order valence-corrected chi connectivity index (χ0v) is 13.1. The molecule has 1 aromatic heterocycles. The standard InChI is InChI=1S/C18H18N4O/c1-12-7-13(2)9-14(8-12)22-17(23)10-19-18-15-5-3-4-6-16(15)20-11-21-18/h3-9,11H,10H2,1-2H3,(H,22,23)(H,19,20,21). The fourth-order valence-corrected chi connectivity index (χ4v) is 2.56. The molecular formula is C18H18N4O. The Morgan fingerprint density at radius 1 is 1.04 bits per heavy atom. The first kappa shape index (κ1) is 15.0. The third-order valence-corrected chi connectivity index (χ3v) is 3.46. The highest BCUT2D eigenvalue weighted by atomic mass is 16.1. The first-order valence-corrected chi connectivity index (χ1v) is 7.43. The van der Waals surface area contributed by atoms with E-state index in [1.165, 1.54) is 6.33 Å². The molecular weight excluding hydrogens is 288 g/mol. The number of amides is 1. The van der Waals surface area contributed by atoms with Crippen molar-refractivity contribution in [1.29, 1.82) is 0 Å². The van der Waals surface area contributed by atoms with E-state index in [4.69, 9.17) is 0 Å². The largest absolute Gasteiger partial charge is 0.360 e. The molecule has 0 unspecified atom stereocenters. The van der Waals surface area contributed by atoms with Crippen molar-refractivity contribution in [3.8, 4) is 0 Å². The van der Waals surface area contributed by atoms with Crippen LogP contribution in [0.4, 0.5) is 11.5 Å². The number of anilines is 2. The average Bonchev–Trinajstić information content (AvgIpc) is 2.52. The number of rotatable bonds is 4. The smallest absolute Gasteiger partial charge is 0.243 e. The van der Waals surface area contributed by atoms with Gasteiger partial charge in [0, 0.05) is 11.1 Å². The maximum atomic E-state index is 12.1. The number of hydrogen-bond donors (Lipinski definition) is 2. The van der Waals surface area contributed by atoms with Gasteiger partial charge in [-0.3, -0.25) is 4.79 Å². The second-order valence-electron chi connectivity index (χ2n) is 5.52. The van der Waals surface area contributed by atoms with Gasteiger partial charge in [0.1, 0.15) is 12.1 Å². The molecule has 116 valence electrons. The predicted octanol–water partition coefficient (Wildman–Crippen LogP) is 3.30. The van der Waals surface area contributed by atoms with Gasteiger partial charge >= 0.3 is 0 Å². The topological polar surface area (TPSA) is 66.9 Å². The van der Waals surface area contributed by atoms with Crippen molar-refractivity contribution in [3.05, 3.63) is 59.9 Å². The number of para-hydroxylation sites is 1. The molecule has 2 aromatic carbocycles. The minimum Gasteiger partial charge on any atom is -0.360 e. The van der Waals surface area contributed by atoms with Gasteiger partial charge in [0.15, 0.2) is 0 Å². The van der Waals surface area contributed by atoms with Gasteiger partial charge in [-0.15, -0.1) is 0 Å². The van der Waals surface area contributed by atoms with Gasteiger partial charge in [-0.05, 0) is 49.2 Å². The molecule has 3 aromatic rings. The van der Waals surface area contributed by atoms with E-state index in [-0.39, 0.29) is 12.5 Å². The molecule has 1 heterocycles. The van der Waals surface area contributed by atoms with E-state index in [1.54, 1.807) is 0 Å². The third-order valence-electron chi connectivity index (χ3n) is 3.46. The number of carbonyl (C=O) groups is 1. The van der Waals surface area contributed by atoms with Crippen molar-refractivity contribution in [2.24, 2.45) is 0 Å². The molecule has 5 nitrogen and oxygen atoms in total. The lowest BCUT2D eigenvalue weighted by Crippen LogP contribution is -2.22. The van der Waals surface area contributed by atoms with Crippen LogP contribution in [0.15, 0.2) is 48.8 Å². The first-order chi connectivity index (χ1) is 11.1. The Kier molecular flexibility index (Phi) is 4.19. The molecule has 0 radical (unpaired) electrons. The number of nitrogens with zero attached hydrogens (tertiary/aromatic N) is 2. The fraction of sp³-hybridized carbons (Fsp3) is 0.167. The molecule has 0 saturated heterocycles. The van der Waals surface area contributed by atoms with Crippen molar-refractivity contribution < 1.29 is 4.79 Å². The third kappa shape index (κ3) is 3.63. The van der Waals surface area contributed by atoms with E-state index in [1.807, 2.05) is 50.2 Å². The van der Waals surface area contributed by atoms with Crippen LogP contribution in [0.3, 0.4) is 0 Å². The van der Waals surface area contributed by atoms with E-state index in [2.05, 4.69) is 26.7 Å². The molecule has 0 aliphatic carbocycles. The number of benzene rings is 2. The highest BCUT2D eigenvalue weighted by Crippen LogP contribution is 2.18. The van der Waals surface area contributed by atoms with Gasteiger partial charge in [-0.2, -0.15) is 0 Å². The molecule has 0 aliphatic heterocycles. The van der Waals surface area contributed by atoms with Crippen LogP contribution in [-0.4, -0.2) is 22.4 Å². The number of aromatic nitrogens is 2. The van der Waals surface area contributed by atoms with Crippen LogP contribution in [0.5, 0.6) is 0 Å². The Labute approximate surface area is 134 Å². The maximum absolute atomic E-state index is 12.1. The lowest BCUT2D eigenvalue weighted by Gasteiger charge is -2.10. The monoisotopic (exact) mass is 306 g/mol. The number of fused-ring (bicyclic) bond motifs is 1. The summed E-state index contributed by atoms with van der Waals surface area (Å²) in [6, 6.07) is 13.7. The molecule has 0 fully saturated rings. The maximum Gasteiger partial charge on any atom is 0.243 e. The summed E-state index contributed by atoms with van der Waals surface area (Å²) in [4.78, 5) is 20.5. The molecule has 3 rings (SSSR count). The quantitative estimate of drug-likeness (QED) is 0.776. The Morgan fingerprint density at radius 3 is 2.57 bits per heavy atom. The molecule has 0 aliphatic rings. The van der Waals surface area contributed by atoms with Crippen molar-refractivity contribution in [3.63, 3.8) is 0 Å². The van der Waals surface area contributed by atoms with Gasteiger partial charge in [0.2, 0.25) is 5.91 Å². The summed E-state index contributed by atoms with van der Waals surface area (Å²) in [6.45, 7) is 4.16. The van der Waals surface area contributed by atoms with Crippen LogP contribution in [0.25, 0.3) is 10.9 Å². The number of carbonyl (C=O) groups excluding carboxylic acids is 1. The summed E-state index contributed by atoms with van der Waals surface area (Å²) in [7, 11) is 0. The van der Waals surface area contributed by atoms with Crippen molar-refractivity contribution in [1.82, 2.24) is 9.97 Å². The van der Waals surface area contributed by atoms with Crippen LogP contribution in [0.2, 0.25) is 0 Å². The zero-order valence-electron chi connectivity index (χ0n) is 13.1. The molecule has 0 atom stereocenters. The van der Waals surface area contributed by atoms with Crippen LogP contribution in [0, 0.1) is 13.8 Å². The minimum absolute atomic E-state index is 0.113. The Balaban J connectivity index is 1.68. The normalized spacial score (nSPS) is 10.5. The summed E-state index contributed by atoms with van der Waals surface area (Å²) >= 11 is 0. The summed E-state index contributed by atoms with van der Waals surface area (Å²) < 4.78 is 0. The van der Waals surface area contributed by atoms with Crippen LogP contribution in [-0.2, 0) is 4.79 Å². The molecule has 0 spiro atoms. The average molecular weight is 306 g/mol. The van der Waals surface area contributed by atoms with Crippen molar-refractivity contribution in [2.45, 2.75) is 13.8 Å². The van der Waals surface area contributed by atoms with Gasteiger partial charge in [0.25, 0.3) is 0 Å². The van der Waals surface area contributed by atoms with Gasteiger partial charge < -0.3 is 10.6 Å². The Bertz CT molecular complexity index is 835. The van der Waals surface area contributed by atoms with Crippen molar-refractivity contribution >= 4 is 28.3 Å². The first-order valence-electron chi connectivity index (χ1n) is 7.43. The summed E-state index contributed by atoms with van der Waals surface area (Å²) in [5.74, 6) is 0.545. The van der Waals surface area contributed by atoms with E-state index in [9.17, 15) is 4.79 Å². The molecule has 0 saturated carbocycles. The van der Waals surface area contributed by atoms with Crippen LogP contribution in [0.1, 0.15) is 11.1 Å². The zero-order chi connectivity index (χ0) is 16.2. The molecule has 2 N–H and O–H groups in total. The highest BCUT2D eigenvalue weighted by Gasteiger charge is 2.06. The lowest BCUT2D eigenvalue weighted by molar-refractivity contribution is -0.114. The second kappa shape index (κ2) is 6.44. The van der Waals surface area contributed by atoms with Gasteiger partial charge in [-0.25, -0.2) is 9.97 Å². The molecule has 5 heteroatoms. The fourth-order valence-electron chi connectivity index (χ4n) is 2.56. The van der Waals surface area contributed by atoms with Crippen molar-refractivity contribution in [2.75, 3.05) is 17.2 Å². The Morgan fingerprint density at radius 2 is 1.78 bits per heavy atom. The lowest BCUT2D eigenvalue weighted by atomic mass is 10.1.